The number of anilines is 1. The Bertz CT molecular complexity index is 944. The van der Waals surface area contributed by atoms with Gasteiger partial charge in [0, 0.05) is 24.7 Å². The van der Waals surface area contributed by atoms with Gasteiger partial charge in [0.25, 0.3) is 5.91 Å². The molecular weight excluding hydrogens is 383 g/mol. The summed E-state index contributed by atoms with van der Waals surface area (Å²) in [5, 5.41) is 5.40. The van der Waals surface area contributed by atoms with Gasteiger partial charge in [-0.2, -0.15) is 0 Å². The molecule has 0 saturated heterocycles. The van der Waals surface area contributed by atoms with E-state index in [1.54, 1.807) is 43.4 Å². The standard InChI is InChI=1S/C23H27FN4O2/c1-3-4-5-10-15-25-23(30)27-21-22(29)28(2)19-14-9-7-12-17(19)20(26-21)16-11-6-8-13-18(16)24/h6-9,11-14,21H,3-5,10,15H2,1-2H3,(H2,25,27,30). The highest BCUT2D eigenvalue weighted by molar-refractivity contribution is 6.20. The summed E-state index contributed by atoms with van der Waals surface area (Å²) in [7, 11) is 1.62. The number of hydrogen-bond acceptors (Lipinski definition) is 3. The van der Waals surface area contributed by atoms with Crippen LogP contribution in [0.1, 0.15) is 43.7 Å². The summed E-state index contributed by atoms with van der Waals surface area (Å²) in [6.07, 6.45) is 2.97. The van der Waals surface area contributed by atoms with Crippen LogP contribution in [0.5, 0.6) is 0 Å². The summed E-state index contributed by atoms with van der Waals surface area (Å²) in [4.78, 5) is 31.3. The Morgan fingerprint density at radius 2 is 1.77 bits per heavy atom. The maximum absolute atomic E-state index is 14.6. The predicted octanol–water partition coefficient (Wildman–Crippen LogP) is 3.85. The van der Waals surface area contributed by atoms with Gasteiger partial charge in [-0.25, -0.2) is 14.2 Å². The van der Waals surface area contributed by atoms with Gasteiger partial charge in [0.15, 0.2) is 0 Å². The van der Waals surface area contributed by atoms with Gasteiger partial charge in [-0.3, -0.25) is 4.79 Å². The largest absolute Gasteiger partial charge is 0.338 e. The molecule has 1 aliphatic heterocycles. The van der Waals surface area contributed by atoms with E-state index in [4.69, 9.17) is 0 Å². The Balaban J connectivity index is 1.89. The molecule has 0 saturated carbocycles. The summed E-state index contributed by atoms with van der Waals surface area (Å²) in [5.41, 5.74) is 1.84. The van der Waals surface area contributed by atoms with Gasteiger partial charge < -0.3 is 15.5 Å². The monoisotopic (exact) mass is 410 g/mol. The van der Waals surface area contributed by atoms with Gasteiger partial charge in [-0.15, -0.1) is 0 Å². The lowest BCUT2D eigenvalue weighted by Crippen LogP contribution is -2.49. The molecule has 7 heteroatoms. The number of rotatable bonds is 7. The molecule has 1 aliphatic rings. The van der Waals surface area contributed by atoms with Crippen molar-refractivity contribution in [2.75, 3.05) is 18.5 Å². The molecule has 3 amide bonds. The lowest BCUT2D eigenvalue weighted by Gasteiger charge is -2.21. The van der Waals surface area contributed by atoms with E-state index in [0.717, 1.165) is 25.7 Å². The fraction of sp³-hybridized carbons (Fsp3) is 0.348. The topological polar surface area (TPSA) is 73.8 Å². The van der Waals surface area contributed by atoms with Crippen LogP contribution in [0.15, 0.2) is 53.5 Å². The first-order valence-electron chi connectivity index (χ1n) is 10.3. The van der Waals surface area contributed by atoms with Crippen molar-refractivity contribution in [3.8, 4) is 0 Å². The zero-order valence-corrected chi connectivity index (χ0v) is 17.3. The number of urea groups is 1. The number of hydrogen-bond donors (Lipinski definition) is 2. The molecule has 3 rings (SSSR count). The second kappa shape index (κ2) is 10.0. The number of carbonyl (C=O) groups is 2. The average molecular weight is 410 g/mol. The number of likely N-dealkylation sites (N-methyl/N-ethyl adjacent to an activating group) is 1. The molecule has 6 nitrogen and oxygen atoms in total. The Hall–Kier alpha value is -3.22. The molecule has 158 valence electrons. The van der Waals surface area contributed by atoms with Crippen LogP contribution in [-0.4, -0.2) is 37.4 Å². The van der Waals surface area contributed by atoms with Gasteiger partial charge in [-0.1, -0.05) is 56.5 Å². The van der Waals surface area contributed by atoms with Crippen molar-refractivity contribution in [1.82, 2.24) is 10.6 Å². The van der Waals surface area contributed by atoms with Gasteiger partial charge in [0.05, 0.1) is 11.4 Å². The van der Waals surface area contributed by atoms with Crippen LogP contribution in [-0.2, 0) is 4.79 Å². The number of unbranched alkanes of at least 4 members (excludes halogenated alkanes) is 3. The van der Waals surface area contributed by atoms with Crippen molar-refractivity contribution in [2.24, 2.45) is 4.99 Å². The smallest absolute Gasteiger partial charge is 0.316 e. The van der Waals surface area contributed by atoms with Crippen LogP contribution in [0.4, 0.5) is 14.9 Å². The third-order valence-electron chi connectivity index (χ3n) is 5.06. The number of aliphatic imine (C=N–C) groups is 1. The molecule has 30 heavy (non-hydrogen) atoms. The Kier molecular flexibility index (Phi) is 7.17. The minimum atomic E-state index is -1.16. The minimum absolute atomic E-state index is 0.278. The zero-order chi connectivity index (χ0) is 21.5. The average Bonchev–Trinajstić information content (AvgIpc) is 2.85. The lowest BCUT2D eigenvalue weighted by molar-refractivity contribution is -0.119. The minimum Gasteiger partial charge on any atom is -0.338 e. The highest BCUT2D eigenvalue weighted by Gasteiger charge is 2.31. The zero-order valence-electron chi connectivity index (χ0n) is 17.3. The summed E-state index contributed by atoms with van der Waals surface area (Å²) >= 11 is 0. The normalized spacial score (nSPS) is 15.8. The number of halogens is 1. The third-order valence-corrected chi connectivity index (χ3v) is 5.06. The van der Waals surface area contributed by atoms with Crippen molar-refractivity contribution in [3.05, 3.63) is 65.5 Å². The number of amides is 3. The number of fused-ring (bicyclic) bond motifs is 1. The first-order chi connectivity index (χ1) is 14.5. The van der Waals surface area contributed by atoms with Crippen LogP contribution >= 0.6 is 0 Å². The molecule has 1 atom stereocenters. The number of nitrogens with zero attached hydrogens (tertiary/aromatic N) is 2. The highest BCUT2D eigenvalue weighted by Crippen LogP contribution is 2.27. The number of benzene rings is 2. The van der Waals surface area contributed by atoms with E-state index in [2.05, 4.69) is 22.5 Å². The quantitative estimate of drug-likeness (QED) is 0.681. The van der Waals surface area contributed by atoms with Crippen LogP contribution in [0, 0.1) is 5.82 Å². The second-order valence-electron chi connectivity index (χ2n) is 7.24. The Morgan fingerprint density at radius 3 is 2.50 bits per heavy atom. The second-order valence-corrected chi connectivity index (χ2v) is 7.24. The number of benzodiazepines with no additional fused rings is 1. The summed E-state index contributed by atoms with van der Waals surface area (Å²) < 4.78 is 14.6. The van der Waals surface area contributed by atoms with E-state index >= 15 is 0 Å². The molecule has 2 aromatic carbocycles. The predicted molar refractivity (Wildman–Crippen MR) is 116 cm³/mol. The summed E-state index contributed by atoms with van der Waals surface area (Å²) in [5.74, 6) is -0.836. The fourth-order valence-electron chi connectivity index (χ4n) is 3.41. The number of para-hydroxylation sites is 1. The first kappa shape index (κ1) is 21.5. The molecule has 0 bridgehead atoms. The van der Waals surface area contributed by atoms with Crippen LogP contribution in [0.3, 0.4) is 0 Å². The van der Waals surface area contributed by atoms with Crippen LogP contribution in [0.2, 0.25) is 0 Å². The van der Waals surface area contributed by atoms with Gasteiger partial charge in [0.1, 0.15) is 5.82 Å². The fourth-order valence-corrected chi connectivity index (χ4v) is 3.41. The summed E-state index contributed by atoms with van der Waals surface area (Å²) in [6, 6.07) is 13.0. The first-order valence-corrected chi connectivity index (χ1v) is 10.3. The van der Waals surface area contributed by atoms with E-state index in [1.165, 1.54) is 11.0 Å². The van der Waals surface area contributed by atoms with Gasteiger partial charge in [-0.05, 0) is 24.6 Å². The van der Waals surface area contributed by atoms with Gasteiger partial charge >= 0.3 is 6.03 Å². The van der Waals surface area contributed by atoms with Crippen molar-refractivity contribution >= 4 is 23.3 Å². The van der Waals surface area contributed by atoms with E-state index in [1.807, 2.05) is 6.07 Å². The van der Waals surface area contributed by atoms with E-state index in [9.17, 15) is 14.0 Å². The third kappa shape index (κ3) is 4.84. The molecule has 0 aromatic heterocycles. The van der Waals surface area contributed by atoms with Gasteiger partial charge in [0.2, 0.25) is 6.17 Å². The van der Waals surface area contributed by atoms with Crippen molar-refractivity contribution in [3.63, 3.8) is 0 Å². The number of nitrogens with one attached hydrogen (secondary N) is 2. The molecule has 0 radical (unpaired) electrons. The van der Waals surface area contributed by atoms with Crippen molar-refractivity contribution in [2.45, 2.75) is 38.8 Å². The highest BCUT2D eigenvalue weighted by atomic mass is 19.1. The Labute approximate surface area is 176 Å². The molecular formula is C23H27FN4O2. The molecule has 1 heterocycles. The van der Waals surface area contributed by atoms with Crippen molar-refractivity contribution < 1.29 is 14.0 Å². The van der Waals surface area contributed by atoms with E-state index in [0.29, 0.717) is 23.5 Å². The number of carbonyl (C=O) groups excluding carboxylic acids is 2. The summed E-state index contributed by atoms with van der Waals surface area (Å²) in [6.45, 7) is 2.64. The lowest BCUT2D eigenvalue weighted by atomic mass is 10.00. The van der Waals surface area contributed by atoms with E-state index < -0.39 is 23.9 Å². The van der Waals surface area contributed by atoms with Crippen LogP contribution < -0.4 is 15.5 Å². The molecule has 2 aromatic rings. The molecule has 0 aliphatic carbocycles. The molecule has 0 fully saturated rings. The SMILES string of the molecule is CCCCCCNC(=O)NC1N=C(c2ccccc2F)c2ccccc2N(C)C1=O. The maximum Gasteiger partial charge on any atom is 0.316 e. The van der Waals surface area contributed by atoms with E-state index in [-0.39, 0.29) is 5.56 Å². The molecule has 0 spiro atoms. The molecule has 1 unspecified atom stereocenters. The van der Waals surface area contributed by atoms with Crippen LogP contribution in [0.25, 0.3) is 0 Å². The molecule has 2 N–H and O–H groups in total. The maximum atomic E-state index is 14.6. The Morgan fingerprint density at radius 1 is 1.07 bits per heavy atom. The van der Waals surface area contributed by atoms with Crippen molar-refractivity contribution in [1.29, 1.82) is 0 Å².